The second kappa shape index (κ2) is 7.57. The fraction of sp³-hybridized carbons (Fsp3) is 0. The van der Waals surface area contributed by atoms with E-state index in [9.17, 15) is 27.7 Å². The Morgan fingerprint density at radius 2 is 1.43 bits per heavy atom. The molecule has 9 heteroatoms. The van der Waals surface area contributed by atoms with Crippen LogP contribution in [0.2, 0.25) is 0 Å². The van der Waals surface area contributed by atoms with E-state index in [0.717, 1.165) is 24.3 Å². The number of ketones is 1. The zero-order chi connectivity index (χ0) is 20.3. The zero-order valence-electron chi connectivity index (χ0n) is 14.1. The minimum atomic E-state index is -4.45. The minimum Gasteiger partial charge on any atom is -0.379 e. The van der Waals surface area contributed by atoms with E-state index < -0.39 is 31.4 Å². The monoisotopic (exact) mass is 401 g/mol. The van der Waals surface area contributed by atoms with Gasteiger partial charge < -0.3 is 4.18 Å². The lowest BCUT2D eigenvalue weighted by Crippen LogP contribution is -2.12. The number of nitrogens with zero attached hydrogens (tertiary/aromatic N) is 1. The van der Waals surface area contributed by atoms with E-state index in [0.29, 0.717) is 0 Å². The molecule has 0 aliphatic carbocycles. The first kappa shape index (κ1) is 19.2. The molecule has 0 saturated heterocycles. The Balaban J connectivity index is 1.83. The van der Waals surface area contributed by atoms with Crippen molar-refractivity contribution >= 4 is 21.6 Å². The van der Waals surface area contributed by atoms with Crippen molar-refractivity contribution in [3.05, 3.63) is 99.9 Å². The highest BCUT2D eigenvalue weighted by molar-refractivity contribution is 7.87. The van der Waals surface area contributed by atoms with E-state index in [1.165, 1.54) is 48.5 Å². The number of rotatable bonds is 6. The van der Waals surface area contributed by atoms with E-state index >= 15 is 0 Å². The van der Waals surface area contributed by atoms with Gasteiger partial charge in [-0.2, -0.15) is 8.42 Å². The predicted octanol–water partition coefficient (Wildman–Crippen LogP) is 3.73. The van der Waals surface area contributed by atoms with Gasteiger partial charge in [-0.25, -0.2) is 4.39 Å². The topological polar surface area (TPSA) is 104 Å². The molecule has 0 unspecified atom stereocenters. The van der Waals surface area contributed by atoms with Crippen LogP contribution in [0.15, 0.2) is 77.7 Å². The fourth-order valence-corrected chi connectivity index (χ4v) is 3.52. The zero-order valence-corrected chi connectivity index (χ0v) is 14.9. The highest BCUT2D eigenvalue weighted by Gasteiger charge is 2.27. The van der Waals surface area contributed by atoms with E-state index in [1.54, 1.807) is 0 Å². The maximum Gasteiger partial charge on any atom is 0.346 e. The highest BCUT2D eigenvalue weighted by Crippen LogP contribution is 2.26. The number of benzene rings is 3. The molecule has 0 bridgehead atoms. The molecule has 28 heavy (non-hydrogen) atoms. The molecule has 0 fully saturated rings. The summed E-state index contributed by atoms with van der Waals surface area (Å²) in [6, 6.07) is 15.0. The van der Waals surface area contributed by atoms with E-state index in [-0.39, 0.29) is 22.7 Å². The van der Waals surface area contributed by atoms with Crippen LogP contribution in [-0.4, -0.2) is 19.1 Å². The fourth-order valence-electron chi connectivity index (χ4n) is 2.42. The molecule has 0 N–H and O–H groups in total. The van der Waals surface area contributed by atoms with Crippen molar-refractivity contribution in [3.8, 4) is 5.75 Å². The maximum atomic E-state index is 13.0. The standard InChI is InChI=1S/C19H12FNO6S/c20-15-9-5-13(6-10-15)19(22)14-7-11-16(12-8-14)27-28(25,26)18-4-2-1-3-17(18)21(23)24/h1-12H. The average molecular weight is 401 g/mol. The largest absolute Gasteiger partial charge is 0.379 e. The number of hydrogen-bond acceptors (Lipinski definition) is 6. The second-order valence-corrected chi connectivity index (χ2v) is 7.14. The van der Waals surface area contributed by atoms with Crippen molar-refractivity contribution in [2.45, 2.75) is 4.90 Å². The summed E-state index contributed by atoms with van der Waals surface area (Å²) in [6.07, 6.45) is 0. The summed E-state index contributed by atoms with van der Waals surface area (Å²) in [5.74, 6) is -0.970. The van der Waals surface area contributed by atoms with E-state index in [2.05, 4.69) is 0 Å². The molecule has 0 aliphatic rings. The van der Waals surface area contributed by atoms with Crippen LogP contribution < -0.4 is 4.18 Å². The van der Waals surface area contributed by atoms with Gasteiger partial charge >= 0.3 is 10.1 Å². The quantitative estimate of drug-likeness (QED) is 0.270. The number of carbonyl (C=O) groups is 1. The van der Waals surface area contributed by atoms with E-state index in [4.69, 9.17) is 4.18 Å². The maximum absolute atomic E-state index is 13.0. The smallest absolute Gasteiger partial charge is 0.346 e. The molecule has 0 amide bonds. The third kappa shape index (κ3) is 4.04. The van der Waals surface area contributed by atoms with Crippen molar-refractivity contribution < 1.29 is 26.7 Å². The SMILES string of the molecule is O=C(c1ccc(F)cc1)c1ccc(OS(=O)(=O)c2ccccc2[N+](=O)[O-])cc1. The van der Waals surface area contributed by atoms with Crippen molar-refractivity contribution in [3.63, 3.8) is 0 Å². The van der Waals surface area contributed by atoms with Gasteiger partial charge in [0, 0.05) is 17.2 Å². The molecule has 0 saturated carbocycles. The molecular formula is C19H12FNO6S. The highest BCUT2D eigenvalue weighted by atomic mass is 32.2. The normalized spacial score (nSPS) is 11.0. The van der Waals surface area contributed by atoms with Crippen LogP contribution in [0.1, 0.15) is 15.9 Å². The van der Waals surface area contributed by atoms with Crippen LogP contribution in [0.4, 0.5) is 10.1 Å². The lowest BCUT2D eigenvalue weighted by atomic mass is 10.0. The molecule has 0 heterocycles. The van der Waals surface area contributed by atoms with Gasteiger partial charge in [0.15, 0.2) is 10.7 Å². The lowest BCUT2D eigenvalue weighted by Gasteiger charge is -2.08. The van der Waals surface area contributed by atoms with Crippen LogP contribution in [0.3, 0.4) is 0 Å². The predicted molar refractivity (Wildman–Crippen MR) is 97.2 cm³/mol. The first-order valence-electron chi connectivity index (χ1n) is 7.86. The molecule has 0 spiro atoms. The summed E-state index contributed by atoms with van der Waals surface area (Å²) < 4.78 is 42.6. The number of hydrogen-bond donors (Lipinski definition) is 0. The lowest BCUT2D eigenvalue weighted by molar-refractivity contribution is -0.387. The Morgan fingerprint density at radius 3 is 2.00 bits per heavy atom. The molecular weight excluding hydrogens is 389 g/mol. The third-order valence-corrected chi connectivity index (χ3v) is 5.06. The van der Waals surface area contributed by atoms with Crippen LogP contribution >= 0.6 is 0 Å². The number of para-hydroxylation sites is 1. The average Bonchev–Trinajstić information content (AvgIpc) is 2.68. The van der Waals surface area contributed by atoms with Gasteiger partial charge in [-0.15, -0.1) is 0 Å². The summed E-state index contributed by atoms with van der Waals surface area (Å²) in [5.41, 5.74) is -0.102. The van der Waals surface area contributed by atoms with Crippen molar-refractivity contribution in [2.24, 2.45) is 0 Å². The van der Waals surface area contributed by atoms with Gasteiger partial charge in [-0.3, -0.25) is 14.9 Å². The number of carbonyl (C=O) groups excluding carboxylic acids is 1. The van der Waals surface area contributed by atoms with Crippen LogP contribution in [0.5, 0.6) is 5.75 Å². The van der Waals surface area contributed by atoms with Gasteiger partial charge in [-0.1, -0.05) is 12.1 Å². The first-order valence-corrected chi connectivity index (χ1v) is 9.27. The molecule has 3 aromatic carbocycles. The van der Waals surface area contributed by atoms with Crippen molar-refractivity contribution in [1.29, 1.82) is 0 Å². The summed E-state index contributed by atoms with van der Waals surface area (Å²) in [6.45, 7) is 0. The molecule has 0 atom stereocenters. The minimum absolute atomic E-state index is 0.117. The Hall–Kier alpha value is -3.59. The molecule has 0 radical (unpaired) electrons. The number of nitro groups is 1. The van der Waals surface area contributed by atoms with Gasteiger partial charge in [0.05, 0.1) is 4.92 Å². The molecule has 3 rings (SSSR count). The molecule has 7 nitrogen and oxygen atoms in total. The Bertz CT molecular complexity index is 1140. The Kier molecular flexibility index (Phi) is 5.18. The molecule has 0 aromatic heterocycles. The second-order valence-electron chi connectivity index (χ2n) is 5.62. The number of nitro benzene ring substituents is 1. The van der Waals surface area contributed by atoms with Crippen LogP contribution in [0, 0.1) is 15.9 Å². The van der Waals surface area contributed by atoms with E-state index in [1.807, 2.05) is 0 Å². The van der Waals surface area contributed by atoms with Gasteiger partial charge in [0.25, 0.3) is 5.69 Å². The summed E-state index contributed by atoms with van der Waals surface area (Å²) in [4.78, 5) is 22.0. The third-order valence-electron chi connectivity index (χ3n) is 3.76. The Morgan fingerprint density at radius 1 is 0.893 bits per heavy atom. The van der Waals surface area contributed by atoms with Gasteiger partial charge in [0.1, 0.15) is 11.6 Å². The van der Waals surface area contributed by atoms with Gasteiger partial charge in [0.2, 0.25) is 0 Å². The molecule has 0 aliphatic heterocycles. The van der Waals surface area contributed by atoms with Gasteiger partial charge in [-0.05, 0) is 54.6 Å². The summed E-state index contributed by atoms with van der Waals surface area (Å²) >= 11 is 0. The van der Waals surface area contributed by atoms with Crippen LogP contribution in [-0.2, 0) is 10.1 Å². The number of halogens is 1. The van der Waals surface area contributed by atoms with Crippen molar-refractivity contribution in [1.82, 2.24) is 0 Å². The summed E-state index contributed by atoms with van der Waals surface area (Å²) in [7, 11) is -4.45. The van der Waals surface area contributed by atoms with Crippen molar-refractivity contribution in [2.75, 3.05) is 0 Å². The molecule has 142 valence electrons. The Labute approximate surface area is 159 Å². The first-order chi connectivity index (χ1) is 13.3. The van der Waals surface area contributed by atoms with Crippen LogP contribution in [0.25, 0.3) is 0 Å². The summed E-state index contributed by atoms with van der Waals surface area (Å²) in [5, 5.41) is 11.0. The molecule has 3 aromatic rings.